The molecule has 0 atom stereocenters. The lowest BCUT2D eigenvalue weighted by Crippen LogP contribution is -2.25. The van der Waals surface area contributed by atoms with Crippen molar-refractivity contribution in [3.63, 3.8) is 0 Å². The van der Waals surface area contributed by atoms with Gasteiger partial charge in [-0.3, -0.25) is 9.59 Å². The van der Waals surface area contributed by atoms with Gasteiger partial charge in [0.05, 0.1) is 31.2 Å². The van der Waals surface area contributed by atoms with Crippen molar-refractivity contribution in [2.75, 3.05) is 38.1 Å². The van der Waals surface area contributed by atoms with Gasteiger partial charge in [-0.2, -0.15) is 9.29 Å². The summed E-state index contributed by atoms with van der Waals surface area (Å²) in [5.41, 5.74) is 0.573. The summed E-state index contributed by atoms with van der Waals surface area (Å²) >= 11 is 0. The minimum Gasteiger partial charge on any atom is -0.492 e. The van der Waals surface area contributed by atoms with Crippen molar-refractivity contribution in [1.82, 2.24) is 34.9 Å². The first kappa shape index (κ1) is 26.9. The Hall–Kier alpha value is -4.18. The SMILES string of the molecule is CNC(=O)c1nnc(NC(=O)CC2CC2)cc1Nc1nccc(-c2noc(CN(C)S(C)(=O)=O)n2)c1OC. The fourth-order valence-corrected chi connectivity index (χ4v) is 3.74. The lowest BCUT2D eigenvalue weighted by Gasteiger charge is -2.15. The number of hydrogen-bond acceptors (Lipinski definition) is 12. The predicted octanol–water partition coefficient (Wildman–Crippen LogP) is 1.16. The Morgan fingerprint density at radius 3 is 2.68 bits per heavy atom. The van der Waals surface area contributed by atoms with Gasteiger partial charge in [0.25, 0.3) is 5.91 Å². The van der Waals surface area contributed by atoms with E-state index in [2.05, 4.69) is 41.3 Å². The molecule has 16 heteroatoms. The van der Waals surface area contributed by atoms with Gasteiger partial charge in [0.15, 0.2) is 23.1 Å². The molecule has 4 rings (SSSR count). The van der Waals surface area contributed by atoms with E-state index in [1.165, 1.54) is 33.5 Å². The van der Waals surface area contributed by atoms with Gasteiger partial charge < -0.3 is 25.2 Å². The van der Waals surface area contributed by atoms with Crippen LogP contribution < -0.4 is 20.7 Å². The zero-order valence-corrected chi connectivity index (χ0v) is 22.0. The van der Waals surface area contributed by atoms with E-state index in [0.717, 1.165) is 23.4 Å². The number of rotatable bonds is 11. The van der Waals surface area contributed by atoms with Crippen LogP contribution in [0.1, 0.15) is 35.6 Å². The van der Waals surface area contributed by atoms with Crippen molar-refractivity contribution < 1.29 is 27.3 Å². The van der Waals surface area contributed by atoms with Crippen LogP contribution in [0.2, 0.25) is 0 Å². The molecule has 0 radical (unpaired) electrons. The number of ether oxygens (including phenoxy) is 1. The second-order valence-corrected chi connectivity index (χ2v) is 10.8. The van der Waals surface area contributed by atoms with E-state index in [0.29, 0.717) is 17.9 Å². The van der Waals surface area contributed by atoms with Gasteiger partial charge >= 0.3 is 0 Å². The summed E-state index contributed by atoms with van der Waals surface area (Å²) in [4.78, 5) is 33.3. The maximum absolute atomic E-state index is 12.4. The predicted molar refractivity (Wildman–Crippen MR) is 135 cm³/mol. The molecule has 1 saturated carbocycles. The number of hydrogen-bond donors (Lipinski definition) is 3. The molecule has 0 bridgehead atoms. The Kier molecular flexibility index (Phi) is 7.82. The van der Waals surface area contributed by atoms with Gasteiger partial charge in [0.1, 0.15) is 0 Å². The van der Waals surface area contributed by atoms with Gasteiger partial charge in [-0.05, 0) is 24.8 Å². The first-order valence-corrected chi connectivity index (χ1v) is 13.4. The highest BCUT2D eigenvalue weighted by Crippen LogP contribution is 2.36. The van der Waals surface area contributed by atoms with E-state index in [1.807, 2.05) is 0 Å². The van der Waals surface area contributed by atoms with Gasteiger partial charge in [-0.15, -0.1) is 10.2 Å². The fraction of sp³-hybridized carbons (Fsp3) is 0.409. The first-order chi connectivity index (χ1) is 18.1. The molecule has 1 fully saturated rings. The molecule has 0 spiro atoms. The van der Waals surface area contributed by atoms with E-state index < -0.39 is 15.9 Å². The summed E-state index contributed by atoms with van der Waals surface area (Å²) in [5, 5.41) is 20.1. The number of amides is 2. The molecule has 15 nitrogen and oxygen atoms in total. The number of nitrogens with zero attached hydrogens (tertiary/aromatic N) is 6. The Bertz CT molecular complexity index is 1460. The van der Waals surface area contributed by atoms with Crippen LogP contribution >= 0.6 is 0 Å². The lowest BCUT2D eigenvalue weighted by molar-refractivity contribution is -0.116. The second-order valence-electron chi connectivity index (χ2n) is 8.66. The number of carbonyl (C=O) groups excluding carboxylic acids is 2. The Morgan fingerprint density at radius 1 is 1.26 bits per heavy atom. The van der Waals surface area contributed by atoms with Crippen molar-refractivity contribution >= 4 is 39.2 Å². The maximum Gasteiger partial charge on any atom is 0.273 e. The Labute approximate surface area is 218 Å². The number of aromatic nitrogens is 5. The van der Waals surface area contributed by atoms with E-state index in [4.69, 9.17) is 9.26 Å². The molecule has 202 valence electrons. The number of carbonyl (C=O) groups is 2. The van der Waals surface area contributed by atoms with Crippen molar-refractivity contribution in [3.8, 4) is 17.1 Å². The fourth-order valence-electron chi connectivity index (χ4n) is 3.40. The minimum atomic E-state index is -3.45. The molecule has 2 amide bonds. The minimum absolute atomic E-state index is 0.0346. The number of pyridine rings is 1. The Morgan fingerprint density at radius 2 is 2.03 bits per heavy atom. The van der Waals surface area contributed by atoms with Gasteiger partial charge in [0, 0.05) is 32.8 Å². The topological polar surface area (TPSA) is 194 Å². The van der Waals surface area contributed by atoms with Crippen LogP contribution in [0.3, 0.4) is 0 Å². The van der Waals surface area contributed by atoms with Crippen molar-refractivity contribution in [2.45, 2.75) is 25.8 Å². The quantitative estimate of drug-likeness (QED) is 0.312. The second kappa shape index (κ2) is 11.1. The molecule has 0 unspecified atom stereocenters. The molecule has 0 saturated heterocycles. The standard InChI is InChI=1S/C22H27N9O6S/c1-23-22(33)18-14(10-15(28-29-18)26-16(32)9-12-5-6-12)25-21-19(36-3)13(7-8-24-21)20-27-17(37-30-20)11-31(2)38(4,34)35/h7-8,10,12H,5-6,9,11H2,1-4H3,(H,23,33)(H2,24,25,26,28,32). The lowest BCUT2D eigenvalue weighted by atomic mass is 10.2. The molecule has 0 aliphatic heterocycles. The first-order valence-electron chi connectivity index (χ1n) is 11.5. The Balaban J connectivity index is 1.64. The molecule has 1 aliphatic rings. The van der Waals surface area contributed by atoms with Crippen LogP contribution in [-0.2, 0) is 21.4 Å². The van der Waals surface area contributed by atoms with Crippen LogP contribution in [-0.4, -0.2) is 77.3 Å². The van der Waals surface area contributed by atoms with Crippen LogP contribution in [0.25, 0.3) is 11.4 Å². The monoisotopic (exact) mass is 545 g/mol. The van der Waals surface area contributed by atoms with Crippen molar-refractivity contribution in [1.29, 1.82) is 0 Å². The highest BCUT2D eigenvalue weighted by atomic mass is 32.2. The summed E-state index contributed by atoms with van der Waals surface area (Å²) in [6.07, 6.45) is 4.98. The summed E-state index contributed by atoms with van der Waals surface area (Å²) in [6.45, 7) is -0.113. The van der Waals surface area contributed by atoms with Crippen LogP contribution in [0, 0.1) is 5.92 Å². The smallest absolute Gasteiger partial charge is 0.273 e. The summed E-state index contributed by atoms with van der Waals surface area (Å²) in [5.74, 6) is 0.479. The van der Waals surface area contributed by atoms with Crippen molar-refractivity contribution in [2.24, 2.45) is 5.92 Å². The number of nitrogens with one attached hydrogen (secondary N) is 3. The summed E-state index contributed by atoms with van der Waals surface area (Å²) in [6, 6.07) is 3.07. The molecule has 0 aromatic carbocycles. The molecule has 3 heterocycles. The van der Waals surface area contributed by atoms with Gasteiger partial charge in [0.2, 0.25) is 27.6 Å². The highest BCUT2D eigenvalue weighted by Gasteiger charge is 2.25. The zero-order chi connectivity index (χ0) is 27.4. The van der Waals surface area contributed by atoms with Gasteiger partial charge in [-0.25, -0.2) is 13.4 Å². The third-order valence-corrected chi connectivity index (χ3v) is 6.93. The number of sulfonamides is 1. The van der Waals surface area contributed by atoms with Crippen molar-refractivity contribution in [3.05, 3.63) is 29.9 Å². The third kappa shape index (κ3) is 6.38. The number of methoxy groups -OCH3 is 1. The van der Waals surface area contributed by atoms with E-state index in [9.17, 15) is 18.0 Å². The largest absolute Gasteiger partial charge is 0.492 e. The molecule has 3 aromatic heterocycles. The molecule has 38 heavy (non-hydrogen) atoms. The normalized spacial score (nSPS) is 13.3. The summed E-state index contributed by atoms with van der Waals surface area (Å²) < 4.78 is 35.2. The van der Waals surface area contributed by atoms with Crippen LogP contribution in [0.5, 0.6) is 5.75 Å². The average Bonchev–Trinajstić information content (AvgIpc) is 3.56. The average molecular weight is 546 g/mol. The maximum atomic E-state index is 12.4. The molecular weight excluding hydrogens is 518 g/mol. The van der Waals surface area contributed by atoms with Gasteiger partial charge in [-0.1, -0.05) is 5.16 Å². The van der Waals surface area contributed by atoms with E-state index >= 15 is 0 Å². The third-order valence-electron chi connectivity index (χ3n) is 5.67. The molecule has 1 aliphatic carbocycles. The van der Waals surface area contributed by atoms with Crippen LogP contribution in [0.4, 0.5) is 17.3 Å². The highest BCUT2D eigenvalue weighted by molar-refractivity contribution is 7.88. The van der Waals surface area contributed by atoms with Crippen LogP contribution in [0.15, 0.2) is 22.9 Å². The van der Waals surface area contributed by atoms with E-state index in [1.54, 1.807) is 6.07 Å². The summed E-state index contributed by atoms with van der Waals surface area (Å²) in [7, 11) is 0.812. The molecule has 3 N–H and O–H groups in total. The number of anilines is 3. The van der Waals surface area contributed by atoms with E-state index in [-0.39, 0.29) is 52.9 Å². The molecular formula is C22H27N9O6S. The zero-order valence-electron chi connectivity index (χ0n) is 21.2. The molecule has 3 aromatic rings.